The number of hydrogen-bond donors (Lipinski definition) is 0. The summed E-state index contributed by atoms with van der Waals surface area (Å²) in [7, 11) is -1.43. The third-order valence-electron chi connectivity index (χ3n) is 4.96. The highest BCUT2D eigenvalue weighted by atomic mass is 31.2. The Hall–Kier alpha value is -2.64. The van der Waals surface area contributed by atoms with Crippen LogP contribution >= 0.6 is 7.29 Å². The molecule has 1 aliphatic carbocycles. The monoisotopic (exact) mass is 375 g/mol. The molecule has 3 aromatic carbocycles. The van der Waals surface area contributed by atoms with Crippen molar-refractivity contribution in [1.29, 1.82) is 0 Å². The molecule has 1 aliphatic rings. The number of rotatable bonds is 4. The fourth-order valence-corrected chi connectivity index (χ4v) is 5.79. The Bertz CT molecular complexity index is 970. The van der Waals surface area contributed by atoms with Crippen LogP contribution in [0.15, 0.2) is 83.6 Å². The van der Waals surface area contributed by atoms with Gasteiger partial charge in [-0.3, -0.25) is 4.57 Å². The van der Waals surface area contributed by atoms with Gasteiger partial charge in [0.15, 0.2) is 0 Å². The van der Waals surface area contributed by atoms with Gasteiger partial charge in [0.25, 0.3) is 0 Å². The van der Waals surface area contributed by atoms with E-state index in [1.807, 2.05) is 72.8 Å². The van der Waals surface area contributed by atoms with Crippen LogP contribution < -0.4 is 15.3 Å². The molecule has 4 heteroatoms. The molecule has 136 valence electrons. The summed E-state index contributed by atoms with van der Waals surface area (Å²) in [6, 6.07) is 25.3. The number of aryl methyl sites for hydroxylation is 1. The zero-order valence-corrected chi connectivity index (χ0v) is 16.2. The molecule has 27 heavy (non-hydrogen) atoms. The van der Waals surface area contributed by atoms with Crippen LogP contribution in [0.3, 0.4) is 0 Å². The lowest BCUT2D eigenvalue weighted by molar-refractivity contribution is 0.414. The summed E-state index contributed by atoms with van der Waals surface area (Å²) in [4.78, 5) is 0. The van der Waals surface area contributed by atoms with Gasteiger partial charge in [0.2, 0.25) is 7.29 Å². The molecule has 0 spiro atoms. The molecule has 0 saturated carbocycles. The molecule has 3 aromatic rings. The van der Waals surface area contributed by atoms with E-state index in [4.69, 9.17) is 9.50 Å². The number of nitrogens with zero attached hydrogens (tertiary/aromatic N) is 1. The SMILES string of the molecule is COc1ccc2c(c1)CCC/C2=N\P(=O)(c1ccccc1)c1ccccc1. The van der Waals surface area contributed by atoms with Crippen molar-refractivity contribution < 1.29 is 9.30 Å². The van der Waals surface area contributed by atoms with E-state index >= 15 is 0 Å². The van der Waals surface area contributed by atoms with E-state index in [1.165, 1.54) is 5.56 Å². The van der Waals surface area contributed by atoms with Crippen molar-refractivity contribution in [2.45, 2.75) is 19.3 Å². The maximum atomic E-state index is 14.2. The molecule has 0 heterocycles. The highest BCUT2D eigenvalue weighted by Gasteiger charge is 2.28. The molecule has 0 aromatic heterocycles. The van der Waals surface area contributed by atoms with Crippen molar-refractivity contribution in [3.05, 3.63) is 90.0 Å². The molecule has 0 atom stereocenters. The van der Waals surface area contributed by atoms with Crippen LogP contribution in [0, 0.1) is 0 Å². The van der Waals surface area contributed by atoms with E-state index < -0.39 is 7.29 Å². The number of hydrogen-bond acceptors (Lipinski definition) is 2. The Balaban J connectivity index is 1.88. The van der Waals surface area contributed by atoms with Gasteiger partial charge in [-0.05, 0) is 72.9 Å². The summed E-state index contributed by atoms with van der Waals surface area (Å²) in [5.41, 5.74) is 3.23. The Kier molecular flexibility index (Phi) is 4.96. The van der Waals surface area contributed by atoms with Gasteiger partial charge in [-0.25, -0.2) is 4.76 Å². The van der Waals surface area contributed by atoms with Crippen molar-refractivity contribution in [1.82, 2.24) is 0 Å². The summed E-state index contributed by atoms with van der Waals surface area (Å²) in [6.07, 6.45) is 2.83. The molecule has 3 nitrogen and oxygen atoms in total. The third kappa shape index (κ3) is 3.48. The summed E-state index contributed by atoms with van der Waals surface area (Å²) in [6.45, 7) is 0. The van der Waals surface area contributed by atoms with Gasteiger partial charge in [0.05, 0.1) is 12.8 Å². The van der Waals surface area contributed by atoms with E-state index in [-0.39, 0.29) is 0 Å². The van der Waals surface area contributed by atoms with Crippen molar-refractivity contribution in [2.24, 2.45) is 4.76 Å². The average Bonchev–Trinajstić information content (AvgIpc) is 2.74. The molecule has 0 unspecified atom stereocenters. The van der Waals surface area contributed by atoms with E-state index in [0.717, 1.165) is 46.9 Å². The minimum atomic E-state index is -3.11. The molecule has 4 rings (SSSR count). The van der Waals surface area contributed by atoms with Crippen LogP contribution in [0.25, 0.3) is 0 Å². The van der Waals surface area contributed by atoms with Crippen LogP contribution in [-0.2, 0) is 11.0 Å². The van der Waals surface area contributed by atoms with E-state index in [0.29, 0.717) is 0 Å². The minimum absolute atomic E-state index is 0.768. The van der Waals surface area contributed by atoms with E-state index in [2.05, 4.69) is 6.07 Å². The van der Waals surface area contributed by atoms with Crippen molar-refractivity contribution >= 4 is 23.6 Å². The van der Waals surface area contributed by atoms with Crippen molar-refractivity contribution in [2.75, 3.05) is 7.11 Å². The molecule has 0 amide bonds. The van der Waals surface area contributed by atoms with Crippen LogP contribution in [0.5, 0.6) is 5.75 Å². The van der Waals surface area contributed by atoms with E-state index in [9.17, 15) is 4.57 Å². The Labute approximate surface area is 160 Å². The number of benzene rings is 3. The summed E-state index contributed by atoms with van der Waals surface area (Å²) in [5, 5.41) is 1.54. The lowest BCUT2D eigenvalue weighted by atomic mass is 9.90. The molecule has 0 aliphatic heterocycles. The van der Waals surface area contributed by atoms with Crippen LogP contribution in [-0.4, -0.2) is 12.8 Å². The highest BCUT2D eigenvalue weighted by molar-refractivity contribution is 7.77. The van der Waals surface area contributed by atoms with Crippen molar-refractivity contribution in [3.63, 3.8) is 0 Å². The Morgan fingerprint density at radius 1 is 0.852 bits per heavy atom. The second-order valence-electron chi connectivity index (χ2n) is 6.67. The molecule has 0 saturated heterocycles. The Morgan fingerprint density at radius 3 is 2.07 bits per heavy atom. The average molecular weight is 375 g/mol. The maximum absolute atomic E-state index is 14.2. The topological polar surface area (TPSA) is 38.7 Å². The van der Waals surface area contributed by atoms with Gasteiger partial charge in [0, 0.05) is 10.6 Å². The van der Waals surface area contributed by atoms with Gasteiger partial charge in [-0.1, -0.05) is 36.4 Å². The first-order valence-corrected chi connectivity index (χ1v) is 10.8. The van der Waals surface area contributed by atoms with Gasteiger partial charge < -0.3 is 4.74 Å². The normalized spacial score (nSPS) is 15.4. The lowest BCUT2D eigenvalue weighted by Gasteiger charge is -2.22. The molecule has 0 N–H and O–H groups in total. The number of fused-ring (bicyclic) bond motifs is 1. The second kappa shape index (κ2) is 7.54. The van der Waals surface area contributed by atoms with E-state index in [1.54, 1.807) is 7.11 Å². The summed E-state index contributed by atoms with van der Waals surface area (Å²) >= 11 is 0. The molecule has 0 bridgehead atoms. The molecule has 0 radical (unpaired) electrons. The van der Waals surface area contributed by atoms with Gasteiger partial charge in [0.1, 0.15) is 5.75 Å². The van der Waals surface area contributed by atoms with Crippen molar-refractivity contribution in [3.8, 4) is 5.75 Å². The molecular weight excluding hydrogens is 353 g/mol. The first kappa shape index (κ1) is 17.8. The largest absolute Gasteiger partial charge is 0.497 e. The predicted octanol–water partition coefficient (Wildman–Crippen LogP) is 4.75. The first-order valence-electron chi connectivity index (χ1n) is 9.18. The highest BCUT2D eigenvalue weighted by Crippen LogP contribution is 2.46. The number of ether oxygens (including phenoxy) is 1. The standard InChI is InChI=1S/C23H22NO2P/c1-26-19-15-16-22-18(17-19)9-8-14-23(22)24-27(25,20-10-4-2-5-11-20)21-12-6-3-7-13-21/h2-7,10-13,15-17H,8-9,14H2,1H3/b24-23+. The lowest BCUT2D eigenvalue weighted by Crippen LogP contribution is -2.18. The molecule has 0 fully saturated rings. The molecular formula is C23H22NO2P. The van der Waals surface area contributed by atoms with Crippen LogP contribution in [0.2, 0.25) is 0 Å². The van der Waals surface area contributed by atoms with Gasteiger partial charge in [-0.15, -0.1) is 0 Å². The predicted molar refractivity (Wildman–Crippen MR) is 112 cm³/mol. The minimum Gasteiger partial charge on any atom is -0.497 e. The second-order valence-corrected chi connectivity index (χ2v) is 9.06. The van der Waals surface area contributed by atoms with Gasteiger partial charge in [-0.2, -0.15) is 0 Å². The smallest absolute Gasteiger partial charge is 0.247 e. The first-order chi connectivity index (χ1) is 13.2. The zero-order valence-electron chi connectivity index (χ0n) is 15.3. The van der Waals surface area contributed by atoms with Crippen LogP contribution in [0.4, 0.5) is 0 Å². The fourth-order valence-electron chi connectivity index (χ4n) is 3.56. The zero-order chi connectivity index (χ0) is 18.7. The van der Waals surface area contributed by atoms with Gasteiger partial charge >= 0.3 is 0 Å². The maximum Gasteiger partial charge on any atom is 0.247 e. The quantitative estimate of drug-likeness (QED) is 0.617. The van der Waals surface area contributed by atoms with Crippen LogP contribution in [0.1, 0.15) is 24.0 Å². The fraction of sp³-hybridized carbons (Fsp3) is 0.174. The number of methoxy groups -OCH3 is 1. The third-order valence-corrected chi connectivity index (χ3v) is 7.48. The summed E-state index contributed by atoms with van der Waals surface area (Å²) < 4.78 is 24.5. The Morgan fingerprint density at radius 2 is 1.48 bits per heavy atom. The summed E-state index contributed by atoms with van der Waals surface area (Å²) in [5.74, 6) is 0.851.